The maximum absolute atomic E-state index is 5.94. The minimum absolute atomic E-state index is 0.321. The van der Waals surface area contributed by atoms with Crippen molar-refractivity contribution in [1.29, 1.82) is 0 Å². The molecule has 0 fully saturated rings. The normalized spacial score (nSPS) is 10.8. The van der Waals surface area contributed by atoms with Crippen LogP contribution in [0.3, 0.4) is 0 Å². The van der Waals surface area contributed by atoms with Crippen LogP contribution >= 0.6 is 11.6 Å². The average Bonchev–Trinajstić information content (AvgIpc) is 2.23. The molecule has 1 rings (SSSR count). The Hall–Kier alpha value is -1.03. The number of anilines is 2. The van der Waals surface area contributed by atoms with Crippen LogP contribution in [0.2, 0.25) is 5.02 Å². The molecule has 0 spiro atoms. The molecule has 0 unspecified atom stereocenters. The minimum atomic E-state index is 0.321. The van der Waals surface area contributed by atoms with E-state index in [4.69, 9.17) is 17.3 Å². The van der Waals surface area contributed by atoms with E-state index in [1.165, 1.54) is 19.2 Å². The van der Waals surface area contributed by atoms with Crippen molar-refractivity contribution in [3.05, 3.63) is 11.3 Å². The number of nitrogens with zero attached hydrogens (tertiary/aromatic N) is 2. The van der Waals surface area contributed by atoms with Crippen LogP contribution < -0.4 is 11.1 Å². The first kappa shape index (κ1) is 13.0. The monoisotopic (exact) mass is 242 g/mol. The molecule has 16 heavy (non-hydrogen) atoms. The molecule has 0 aliphatic carbocycles. The van der Waals surface area contributed by atoms with Gasteiger partial charge >= 0.3 is 0 Å². The Labute approximate surface area is 102 Å². The lowest BCUT2D eigenvalue weighted by Crippen LogP contribution is -2.06. The molecule has 4 nitrogen and oxygen atoms in total. The molecule has 0 radical (unpaired) electrons. The maximum Gasteiger partial charge on any atom is 0.150 e. The van der Waals surface area contributed by atoms with E-state index in [9.17, 15) is 0 Å². The summed E-state index contributed by atoms with van der Waals surface area (Å²) in [5.74, 6) is 1.71. The lowest BCUT2D eigenvalue weighted by Gasteiger charge is -2.08. The first-order chi connectivity index (χ1) is 7.61. The van der Waals surface area contributed by atoms with Crippen molar-refractivity contribution in [3.8, 4) is 0 Å². The highest BCUT2D eigenvalue weighted by molar-refractivity contribution is 6.35. The Balaban J connectivity index is 2.29. The average molecular weight is 243 g/mol. The van der Waals surface area contributed by atoms with Gasteiger partial charge in [0.2, 0.25) is 0 Å². The third-order valence-corrected chi connectivity index (χ3v) is 2.69. The van der Waals surface area contributed by atoms with Crippen LogP contribution in [0.25, 0.3) is 0 Å². The zero-order chi connectivity index (χ0) is 12.0. The molecule has 0 atom stereocenters. The third kappa shape index (κ3) is 4.23. The predicted octanol–water partition coefficient (Wildman–Crippen LogP) is 2.95. The molecule has 0 amide bonds. The van der Waals surface area contributed by atoms with Gasteiger partial charge in [-0.15, -0.1) is 0 Å². The van der Waals surface area contributed by atoms with Gasteiger partial charge in [-0.05, 0) is 12.3 Å². The van der Waals surface area contributed by atoms with Gasteiger partial charge in [-0.1, -0.05) is 38.3 Å². The van der Waals surface area contributed by atoms with Crippen molar-refractivity contribution in [2.45, 2.75) is 33.1 Å². The van der Waals surface area contributed by atoms with Gasteiger partial charge in [0, 0.05) is 6.54 Å². The zero-order valence-electron chi connectivity index (χ0n) is 9.83. The van der Waals surface area contributed by atoms with Gasteiger partial charge in [0.1, 0.15) is 23.0 Å². The summed E-state index contributed by atoms with van der Waals surface area (Å²) in [6.45, 7) is 5.33. The topological polar surface area (TPSA) is 63.8 Å². The summed E-state index contributed by atoms with van der Waals surface area (Å²) < 4.78 is 0. The molecule has 0 aliphatic heterocycles. The molecular formula is C11H19ClN4. The summed E-state index contributed by atoms with van der Waals surface area (Å²) in [5, 5.41) is 3.57. The van der Waals surface area contributed by atoms with Crippen LogP contribution in [0.1, 0.15) is 33.1 Å². The van der Waals surface area contributed by atoms with E-state index in [1.54, 1.807) is 0 Å². The van der Waals surface area contributed by atoms with Gasteiger partial charge in [-0.25, -0.2) is 9.97 Å². The fraction of sp³-hybridized carbons (Fsp3) is 0.636. The summed E-state index contributed by atoms with van der Waals surface area (Å²) in [6.07, 6.45) is 4.99. The smallest absolute Gasteiger partial charge is 0.150 e. The van der Waals surface area contributed by atoms with Crippen LogP contribution in [0.5, 0.6) is 0 Å². The number of nitrogens with one attached hydrogen (secondary N) is 1. The van der Waals surface area contributed by atoms with Crippen molar-refractivity contribution in [2.24, 2.45) is 5.92 Å². The second-order valence-corrected chi connectivity index (χ2v) is 4.62. The van der Waals surface area contributed by atoms with Gasteiger partial charge < -0.3 is 11.1 Å². The molecule has 90 valence electrons. The molecule has 0 bridgehead atoms. The number of nitrogens with two attached hydrogens (primary N) is 1. The fourth-order valence-electron chi connectivity index (χ4n) is 1.39. The van der Waals surface area contributed by atoms with E-state index >= 15 is 0 Å². The molecule has 0 saturated heterocycles. The summed E-state index contributed by atoms with van der Waals surface area (Å²) in [5.41, 5.74) is 5.57. The number of rotatable bonds is 6. The molecule has 0 saturated carbocycles. The summed E-state index contributed by atoms with van der Waals surface area (Å²) in [6, 6.07) is 0. The molecule has 0 aromatic carbocycles. The first-order valence-corrected chi connectivity index (χ1v) is 5.99. The van der Waals surface area contributed by atoms with Crippen LogP contribution in [0.4, 0.5) is 11.6 Å². The standard InChI is InChI=1S/C11H19ClN4/c1-8(2)5-3-4-6-14-11-9(12)10(13)15-7-16-11/h7-8H,3-6H2,1-2H3,(H3,13,14,15,16). The Morgan fingerprint density at radius 2 is 2.12 bits per heavy atom. The second-order valence-electron chi connectivity index (χ2n) is 4.24. The largest absolute Gasteiger partial charge is 0.382 e. The Kier molecular flexibility index (Phi) is 5.32. The first-order valence-electron chi connectivity index (χ1n) is 5.61. The highest BCUT2D eigenvalue weighted by Crippen LogP contribution is 2.23. The SMILES string of the molecule is CC(C)CCCCNc1ncnc(N)c1Cl. The van der Waals surface area contributed by atoms with Crippen molar-refractivity contribution in [3.63, 3.8) is 0 Å². The molecule has 1 aromatic rings. The molecule has 3 N–H and O–H groups in total. The van der Waals surface area contributed by atoms with E-state index < -0.39 is 0 Å². The van der Waals surface area contributed by atoms with Crippen LogP contribution in [0, 0.1) is 5.92 Å². The van der Waals surface area contributed by atoms with E-state index in [1.807, 2.05) is 0 Å². The van der Waals surface area contributed by atoms with Crippen molar-refractivity contribution in [1.82, 2.24) is 9.97 Å². The third-order valence-electron chi connectivity index (χ3n) is 2.32. The summed E-state index contributed by atoms with van der Waals surface area (Å²) in [7, 11) is 0. The lowest BCUT2D eigenvalue weighted by molar-refractivity contribution is 0.544. The van der Waals surface area contributed by atoms with Gasteiger partial charge in [0.05, 0.1) is 0 Å². The van der Waals surface area contributed by atoms with E-state index in [-0.39, 0.29) is 0 Å². The van der Waals surface area contributed by atoms with Gasteiger partial charge in [0.25, 0.3) is 0 Å². The van der Waals surface area contributed by atoms with Gasteiger partial charge in [-0.3, -0.25) is 0 Å². The predicted molar refractivity (Wildman–Crippen MR) is 68.6 cm³/mol. The van der Waals surface area contributed by atoms with E-state index in [0.29, 0.717) is 16.7 Å². The van der Waals surface area contributed by atoms with Crippen LogP contribution in [-0.4, -0.2) is 16.5 Å². The van der Waals surface area contributed by atoms with Crippen LogP contribution in [0.15, 0.2) is 6.33 Å². The lowest BCUT2D eigenvalue weighted by atomic mass is 10.1. The Morgan fingerprint density at radius 1 is 1.38 bits per heavy atom. The number of halogens is 1. The Bertz CT molecular complexity index is 328. The molecular weight excluding hydrogens is 224 g/mol. The van der Waals surface area contributed by atoms with Crippen molar-refractivity contribution >= 4 is 23.2 Å². The van der Waals surface area contributed by atoms with Crippen molar-refractivity contribution < 1.29 is 0 Å². The summed E-state index contributed by atoms with van der Waals surface area (Å²) in [4.78, 5) is 7.84. The summed E-state index contributed by atoms with van der Waals surface area (Å²) >= 11 is 5.94. The number of nitrogen functional groups attached to an aromatic ring is 1. The van der Waals surface area contributed by atoms with E-state index in [0.717, 1.165) is 18.9 Å². The van der Waals surface area contributed by atoms with Crippen LogP contribution in [-0.2, 0) is 0 Å². The molecule has 5 heteroatoms. The van der Waals surface area contributed by atoms with Crippen molar-refractivity contribution in [2.75, 3.05) is 17.6 Å². The highest BCUT2D eigenvalue weighted by atomic mass is 35.5. The maximum atomic E-state index is 5.94. The molecule has 0 aliphatic rings. The highest BCUT2D eigenvalue weighted by Gasteiger charge is 2.04. The quantitative estimate of drug-likeness (QED) is 0.753. The van der Waals surface area contributed by atoms with Gasteiger partial charge in [0.15, 0.2) is 0 Å². The molecule has 1 aromatic heterocycles. The molecule has 1 heterocycles. The number of aromatic nitrogens is 2. The second kappa shape index (κ2) is 6.53. The number of unbranched alkanes of at least 4 members (excludes halogenated alkanes) is 1. The number of hydrogen-bond donors (Lipinski definition) is 2. The Morgan fingerprint density at radius 3 is 2.81 bits per heavy atom. The van der Waals surface area contributed by atoms with E-state index in [2.05, 4.69) is 29.1 Å². The zero-order valence-corrected chi connectivity index (χ0v) is 10.6. The minimum Gasteiger partial charge on any atom is -0.382 e. The van der Waals surface area contributed by atoms with Gasteiger partial charge in [-0.2, -0.15) is 0 Å². The number of hydrogen-bond acceptors (Lipinski definition) is 4. The fourth-order valence-corrected chi connectivity index (χ4v) is 1.56.